The standard InChI is InChI=1S/C2H7NO4S.2C2H7NO3S.2C2H7NO/c3-1-2-7-8(4,5)6;1-2(3)7(4,5)6;3-1-2-7(4,5)6;2*3-1-2-4/h1-3H2,(H,4,5,6);2H,3H2,1H3,(H,4,5,6);1-3H2,(H,4,5,6);2*4H,1-3H2. The molecule has 17 nitrogen and oxygen atoms in total. The van der Waals surface area contributed by atoms with Crippen LogP contribution in [0.5, 0.6) is 0 Å². The summed E-state index contributed by atoms with van der Waals surface area (Å²) in [5.74, 6) is -0.354. The molecular weight excluding hydrogens is 478 g/mol. The van der Waals surface area contributed by atoms with Crippen molar-refractivity contribution in [1.29, 1.82) is 0 Å². The molecule has 0 bridgehead atoms. The highest BCUT2D eigenvalue weighted by molar-refractivity contribution is 7.86. The Labute approximate surface area is 177 Å². The van der Waals surface area contributed by atoms with Crippen LogP contribution in [0.15, 0.2) is 0 Å². The van der Waals surface area contributed by atoms with Crippen molar-refractivity contribution in [2.24, 2.45) is 28.7 Å². The molecule has 0 spiro atoms. The molecule has 0 saturated carbocycles. The van der Waals surface area contributed by atoms with Crippen molar-refractivity contribution >= 4 is 30.6 Å². The van der Waals surface area contributed by atoms with Gasteiger partial charge in [-0.05, 0) is 6.92 Å². The van der Waals surface area contributed by atoms with E-state index in [-0.39, 0.29) is 38.7 Å². The third-order valence-electron chi connectivity index (χ3n) is 1.45. The van der Waals surface area contributed by atoms with Crippen molar-refractivity contribution in [3.63, 3.8) is 0 Å². The zero-order valence-corrected chi connectivity index (χ0v) is 18.9. The van der Waals surface area contributed by atoms with Crippen molar-refractivity contribution < 1.29 is 53.3 Å². The van der Waals surface area contributed by atoms with Crippen molar-refractivity contribution in [3.8, 4) is 0 Å². The van der Waals surface area contributed by atoms with E-state index in [1.165, 1.54) is 6.92 Å². The lowest BCUT2D eigenvalue weighted by atomic mass is 10.8. The van der Waals surface area contributed by atoms with Crippen LogP contribution in [-0.2, 0) is 34.8 Å². The lowest BCUT2D eigenvalue weighted by molar-refractivity contribution is 0.276. The lowest BCUT2D eigenvalue weighted by Crippen LogP contribution is -2.25. The second kappa shape index (κ2) is 24.7. The Morgan fingerprint density at radius 3 is 1.10 bits per heavy atom. The van der Waals surface area contributed by atoms with Gasteiger partial charge < -0.3 is 38.9 Å². The fraction of sp³-hybridized carbons (Fsp3) is 1.00. The molecule has 1 atom stereocenters. The number of rotatable bonds is 8. The Kier molecular flexibility index (Phi) is 32.8. The average molecular weight is 514 g/mol. The number of aliphatic hydroxyl groups excluding tert-OH is 2. The molecule has 0 aliphatic carbocycles. The first-order chi connectivity index (χ1) is 13.4. The van der Waals surface area contributed by atoms with Gasteiger partial charge in [-0.3, -0.25) is 13.7 Å². The summed E-state index contributed by atoms with van der Waals surface area (Å²) in [5.41, 5.74) is 23.9. The van der Waals surface area contributed by atoms with Gasteiger partial charge in [0.1, 0.15) is 5.37 Å². The van der Waals surface area contributed by atoms with Gasteiger partial charge in [0.25, 0.3) is 20.2 Å². The molecule has 0 amide bonds. The summed E-state index contributed by atoms with van der Waals surface area (Å²) in [6.45, 7) is 1.99. The number of hydrogen-bond acceptors (Lipinski definition) is 14. The van der Waals surface area contributed by atoms with Gasteiger partial charge >= 0.3 is 10.4 Å². The van der Waals surface area contributed by atoms with E-state index in [0.29, 0.717) is 13.1 Å². The Hall–Kier alpha value is -0.590. The van der Waals surface area contributed by atoms with Crippen LogP contribution in [0, 0.1) is 0 Å². The van der Waals surface area contributed by atoms with E-state index in [2.05, 4.69) is 4.18 Å². The zero-order chi connectivity index (χ0) is 25.4. The van der Waals surface area contributed by atoms with Crippen LogP contribution >= 0.6 is 0 Å². The van der Waals surface area contributed by atoms with Gasteiger partial charge in [-0.15, -0.1) is 0 Å². The second-order valence-corrected chi connectivity index (χ2v) is 8.79. The number of hydrogen-bond donors (Lipinski definition) is 10. The molecule has 0 aliphatic rings. The smallest absolute Gasteiger partial charge is 0.395 e. The van der Waals surface area contributed by atoms with E-state index in [9.17, 15) is 25.3 Å². The Morgan fingerprint density at radius 1 is 0.767 bits per heavy atom. The fourth-order valence-corrected chi connectivity index (χ4v) is 0.907. The monoisotopic (exact) mass is 513 g/mol. The Morgan fingerprint density at radius 2 is 1.07 bits per heavy atom. The van der Waals surface area contributed by atoms with Gasteiger partial charge in [-0.1, -0.05) is 0 Å². The minimum absolute atomic E-state index is 0.0289. The fourth-order valence-electron chi connectivity index (χ4n) is 0.302. The van der Waals surface area contributed by atoms with Gasteiger partial charge in [0, 0.05) is 26.2 Å². The molecule has 1 unspecified atom stereocenters. The van der Waals surface area contributed by atoms with Crippen molar-refractivity contribution in [1.82, 2.24) is 0 Å². The molecule has 0 radical (unpaired) electrons. The van der Waals surface area contributed by atoms with Crippen LogP contribution in [-0.4, -0.2) is 106 Å². The maximum atomic E-state index is 9.76. The second-order valence-electron chi connectivity index (χ2n) is 4.36. The van der Waals surface area contributed by atoms with Crippen molar-refractivity contribution in [2.45, 2.75) is 12.3 Å². The molecule has 0 saturated heterocycles. The van der Waals surface area contributed by atoms with E-state index in [0.717, 1.165) is 0 Å². The quantitative estimate of drug-likeness (QED) is 0.135. The van der Waals surface area contributed by atoms with Crippen LogP contribution in [0.1, 0.15) is 6.92 Å². The van der Waals surface area contributed by atoms with Gasteiger partial charge in [-0.25, -0.2) is 4.18 Å². The number of nitrogens with two attached hydrogens (primary N) is 5. The summed E-state index contributed by atoms with van der Waals surface area (Å²) in [6.07, 6.45) is 0. The maximum Gasteiger partial charge on any atom is 0.397 e. The van der Waals surface area contributed by atoms with Gasteiger partial charge in [0.05, 0.1) is 25.6 Å². The van der Waals surface area contributed by atoms with E-state index < -0.39 is 36.0 Å². The molecule has 0 aromatic carbocycles. The summed E-state index contributed by atoms with van der Waals surface area (Å²) >= 11 is 0. The SMILES string of the molecule is CC(N)S(=O)(=O)O.NCCO.NCCO.NCCOS(=O)(=O)O.NCCS(=O)(=O)O. The largest absolute Gasteiger partial charge is 0.397 e. The average Bonchev–Trinajstić information content (AvgIpc) is 2.59. The predicted molar refractivity (Wildman–Crippen MR) is 110 cm³/mol. The van der Waals surface area contributed by atoms with Crippen LogP contribution in [0.25, 0.3) is 0 Å². The normalized spacial score (nSPS) is 11.7. The molecular formula is C10H35N5O12S3. The van der Waals surface area contributed by atoms with E-state index in [4.69, 9.17) is 52.5 Å². The molecule has 30 heavy (non-hydrogen) atoms. The molecule has 0 rings (SSSR count). The minimum atomic E-state index is -4.27. The third-order valence-corrected chi connectivity index (χ3v) is 3.61. The van der Waals surface area contributed by atoms with Crippen LogP contribution < -0.4 is 28.7 Å². The van der Waals surface area contributed by atoms with Gasteiger partial charge in [0.2, 0.25) is 0 Å². The van der Waals surface area contributed by atoms with E-state index in [1.54, 1.807) is 0 Å². The van der Waals surface area contributed by atoms with Crippen LogP contribution in [0.3, 0.4) is 0 Å². The van der Waals surface area contributed by atoms with E-state index in [1.807, 2.05) is 0 Å². The first kappa shape index (κ1) is 39.8. The zero-order valence-electron chi connectivity index (χ0n) is 16.4. The lowest BCUT2D eigenvalue weighted by Gasteiger charge is -1.95. The molecule has 0 aromatic heterocycles. The summed E-state index contributed by atoms with van der Waals surface area (Å²) in [7, 11) is -12.0. The van der Waals surface area contributed by atoms with E-state index >= 15 is 0 Å². The molecule has 190 valence electrons. The molecule has 0 aromatic rings. The molecule has 20 heteroatoms. The third kappa shape index (κ3) is 71.0. The van der Waals surface area contributed by atoms with Crippen molar-refractivity contribution in [2.75, 3.05) is 51.8 Å². The molecule has 0 heterocycles. The van der Waals surface area contributed by atoms with Crippen LogP contribution in [0.2, 0.25) is 0 Å². The summed E-state index contributed by atoms with van der Waals surface area (Å²) in [6, 6.07) is 0. The van der Waals surface area contributed by atoms with Gasteiger partial charge in [0.15, 0.2) is 0 Å². The van der Waals surface area contributed by atoms with Crippen LogP contribution in [0.4, 0.5) is 0 Å². The van der Waals surface area contributed by atoms with Crippen molar-refractivity contribution in [3.05, 3.63) is 0 Å². The minimum Gasteiger partial charge on any atom is -0.395 e. The predicted octanol–water partition coefficient (Wildman–Crippen LogP) is -5.35. The topological polar surface area (TPSA) is 343 Å². The summed E-state index contributed by atoms with van der Waals surface area (Å²) in [4.78, 5) is 0. The summed E-state index contributed by atoms with van der Waals surface area (Å²) < 4.78 is 85.7. The maximum absolute atomic E-state index is 9.76. The number of aliphatic hydroxyl groups is 2. The molecule has 0 fully saturated rings. The highest BCUT2D eigenvalue weighted by Crippen LogP contribution is 1.84. The first-order valence-electron chi connectivity index (χ1n) is 7.70. The summed E-state index contributed by atoms with van der Waals surface area (Å²) in [5, 5.41) is 14.3. The molecule has 15 N–H and O–H groups in total. The first-order valence-corrected chi connectivity index (χ1v) is 12.2. The highest BCUT2D eigenvalue weighted by Gasteiger charge is 2.09. The Bertz CT molecular complexity index is 632. The van der Waals surface area contributed by atoms with Gasteiger partial charge in [-0.2, -0.15) is 25.3 Å². The Balaban J connectivity index is -0.0000000892. The molecule has 0 aliphatic heterocycles. The highest BCUT2D eigenvalue weighted by atomic mass is 32.3.